The molecule has 5 nitrogen and oxygen atoms in total. The Balaban J connectivity index is 1.88. The van der Waals surface area contributed by atoms with Crippen molar-refractivity contribution in [2.75, 3.05) is 5.43 Å². The number of hydrogen-bond acceptors (Lipinski definition) is 5. The number of aromatic nitrogens is 3. The number of nitrogens with zero attached hydrogens (tertiary/aromatic N) is 4. The molecule has 3 aromatic rings. The second kappa shape index (κ2) is 7.66. The van der Waals surface area contributed by atoms with Gasteiger partial charge in [0, 0.05) is 5.56 Å². The van der Waals surface area contributed by atoms with E-state index in [0.29, 0.717) is 23.0 Å². The van der Waals surface area contributed by atoms with Crippen molar-refractivity contribution < 1.29 is 0 Å². The predicted octanol–water partition coefficient (Wildman–Crippen LogP) is 4.42. The van der Waals surface area contributed by atoms with Crippen LogP contribution < -0.4 is 5.43 Å². The summed E-state index contributed by atoms with van der Waals surface area (Å²) in [6.45, 7) is 2.01. The zero-order valence-corrected chi connectivity index (χ0v) is 13.9. The topological polar surface area (TPSA) is 63.1 Å². The van der Waals surface area contributed by atoms with E-state index in [9.17, 15) is 0 Å². The lowest BCUT2D eigenvalue weighted by Crippen LogP contribution is -2.08. The van der Waals surface area contributed by atoms with Gasteiger partial charge >= 0.3 is 0 Å². The molecule has 0 spiro atoms. The van der Waals surface area contributed by atoms with Crippen LogP contribution in [0.2, 0.25) is 5.02 Å². The zero-order valence-electron chi connectivity index (χ0n) is 13.1. The number of halogens is 1. The van der Waals surface area contributed by atoms with Gasteiger partial charge in [-0.25, -0.2) is 4.98 Å². The van der Waals surface area contributed by atoms with Crippen LogP contribution in [0, 0.1) is 0 Å². The van der Waals surface area contributed by atoms with E-state index in [4.69, 9.17) is 11.6 Å². The molecule has 0 saturated carbocycles. The van der Waals surface area contributed by atoms with Gasteiger partial charge in [0.05, 0.1) is 22.6 Å². The molecule has 0 fully saturated rings. The average Bonchev–Trinajstić information content (AvgIpc) is 2.65. The quantitative estimate of drug-likeness (QED) is 0.553. The highest BCUT2D eigenvalue weighted by molar-refractivity contribution is 6.33. The molecule has 0 aliphatic carbocycles. The van der Waals surface area contributed by atoms with Gasteiger partial charge < -0.3 is 0 Å². The lowest BCUT2D eigenvalue weighted by atomic mass is 10.2. The van der Waals surface area contributed by atoms with Crippen molar-refractivity contribution in [2.24, 2.45) is 5.10 Å². The van der Waals surface area contributed by atoms with Gasteiger partial charge in [-0.05, 0) is 18.6 Å². The number of rotatable bonds is 5. The zero-order chi connectivity index (χ0) is 16.8. The molecule has 0 aliphatic heterocycles. The van der Waals surface area contributed by atoms with Gasteiger partial charge in [0.15, 0.2) is 5.82 Å². The molecule has 0 bridgehead atoms. The first-order valence-electron chi connectivity index (χ1n) is 7.60. The van der Waals surface area contributed by atoms with Gasteiger partial charge in [-0.15, -0.1) is 5.10 Å². The Morgan fingerprint density at radius 3 is 2.58 bits per heavy atom. The minimum atomic E-state index is 0.576. The molecule has 120 valence electrons. The van der Waals surface area contributed by atoms with E-state index in [1.165, 1.54) is 0 Å². The summed E-state index contributed by atoms with van der Waals surface area (Å²) in [6, 6.07) is 17.2. The normalized spacial score (nSPS) is 11.3. The number of anilines is 1. The molecule has 2 aromatic carbocycles. The van der Waals surface area contributed by atoms with Crippen LogP contribution in [0.25, 0.3) is 11.4 Å². The van der Waals surface area contributed by atoms with Crippen LogP contribution in [0.5, 0.6) is 0 Å². The van der Waals surface area contributed by atoms with Gasteiger partial charge in [-0.2, -0.15) is 10.2 Å². The van der Waals surface area contributed by atoms with Gasteiger partial charge in [-0.1, -0.05) is 61.0 Å². The molecular formula is C18H16ClN5. The number of para-hydroxylation sites is 1. The molecule has 6 heteroatoms. The van der Waals surface area contributed by atoms with Crippen LogP contribution in [-0.2, 0) is 0 Å². The van der Waals surface area contributed by atoms with E-state index in [-0.39, 0.29) is 0 Å². The molecule has 1 heterocycles. The molecule has 1 aromatic heterocycles. The largest absolute Gasteiger partial charge is 0.277 e. The first-order chi connectivity index (χ1) is 11.8. The van der Waals surface area contributed by atoms with Crippen molar-refractivity contribution in [3.8, 4) is 11.4 Å². The van der Waals surface area contributed by atoms with Crippen molar-refractivity contribution in [1.82, 2.24) is 15.2 Å². The smallest absolute Gasteiger partial charge is 0.182 e. The minimum Gasteiger partial charge on any atom is -0.277 e. The third-order valence-electron chi connectivity index (χ3n) is 3.41. The Kier molecular flexibility index (Phi) is 5.13. The second-order valence-corrected chi connectivity index (χ2v) is 5.44. The van der Waals surface area contributed by atoms with Gasteiger partial charge in [0.1, 0.15) is 5.69 Å². The third kappa shape index (κ3) is 3.75. The first-order valence-corrected chi connectivity index (χ1v) is 7.98. The summed E-state index contributed by atoms with van der Waals surface area (Å²) >= 11 is 6.13. The first kappa shape index (κ1) is 16.1. The Labute approximate surface area is 145 Å². The fourth-order valence-electron chi connectivity index (χ4n) is 2.15. The maximum absolute atomic E-state index is 6.13. The summed E-state index contributed by atoms with van der Waals surface area (Å²) in [7, 11) is 0. The molecule has 0 unspecified atom stereocenters. The summed E-state index contributed by atoms with van der Waals surface area (Å²) in [6.07, 6.45) is 2.31. The highest BCUT2D eigenvalue weighted by Gasteiger charge is 2.08. The molecule has 3 rings (SSSR count). The van der Waals surface area contributed by atoms with Crippen molar-refractivity contribution in [2.45, 2.75) is 13.3 Å². The summed E-state index contributed by atoms with van der Waals surface area (Å²) in [5.41, 5.74) is 6.12. The summed E-state index contributed by atoms with van der Waals surface area (Å²) < 4.78 is 0. The Morgan fingerprint density at radius 2 is 1.83 bits per heavy atom. The van der Waals surface area contributed by atoms with E-state index in [1.807, 2.05) is 61.5 Å². The Hall–Kier alpha value is -2.79. The van der Waals surface area contributed by atoms with Crippen LogP contribution in [-0.4, -0.2) is 20.9 Å². The van der Waals surface area contributed by atoms with E-state index in [0.717, 1.165) is 17.0 Å². The molecule has 0 atom stereocenters. The van der Waals surface area contributed by atoms with Crippen LogP contribution in [0.4, 0.5) is 5.69 Å². The van der Waals surface area contributed by atoms with E-state index in [2.05, 4.69) is 25.7 Å². The summed E-state index contributed by atoms with van der Waals surface area (Å²) in [5, 5.41) is 13.2. The van der Waals surface area contributed by atoms with E-state index in [1.54, 1.807) is 6.20 Å². The highest BCUT2D eigenvalue weighted by atomic mass is 35.5. The van der Waals surface area contributed by atoms with Gasteiger partial charge in [-0.3, -0.25) is 5.43 Å². The number of nitrogens with one attached hydrogen (secondary N) is 1. The Morgan fingerprint density at radius 1 is 1.08 bits per heavy atom. The fraction of sp³-hybridized carbons (Fsp3) is 0.111. The van der Waals surface area contributed by atoms with Crippen LogP contribution in [0.1, 0.15) is 19.0 Å². The third-order valence-corrected chi connectivity index (χ3v) is 3.74. The second-order valence-electron chi connectivity index (χ2n) is 5.03. The highest BCUT2D eigenvalue weighted by Crippen LogP contribution is 2.20. The molecule has 0 aliphatic rings. The van der Waals surface area contributed by atoms with Crippen molar-refractivity contribution in [3.63, 3.8) is 0 Å². The lowest BCUT2D eigenvalue weighted by Gasteiger charge is -2.07. The molecule has 0 radical (unpaired) electrons. The lowest BCUT2D eigenvalue weighted by molar-refractivity contribution is 0.966. The molecule has 24 heavy (non-hydrogen) atoms. The van der Waals surface area contributed by atoms with E-state index >= 15 is 0 Å². The van der Waals surface area contributed by atoms with Gasteiger partial charge in [0.2, 0.25) is 0 Å². The fourth-order valence-corrected chi connectivity index (χ4v) is 2.33. The standard InChI is InChI=1S/C18H16ClN5/c1-2-15(22-23-16-11-7-6-10-14(16)19)17-12-20-24-18(21-17)13-8-4-3-5-9-13/h3-12,23H,2H2,1H3/b22-15-. The van der Waals surface area contributed by atoms with Crippen molar-refractivity contribution >= 4 is 23.0 Å². The molecule has 1 N–H and O–H groups in total. The molecule has 0 amide bonds. The number of benzene rings is 2. The van der Waals surface area contributed by atoms with Gasteiger partial charge in [0.25, 0.3) is 0 Å². The van der Waals surface area contributed by atoms with Crippen molar-refractivity contribution in [1.29, 1.82) is 0 Å². The predicted molar refractivity (Wildman–Crippen MR) is 97.2 cm³/mol. The SMILES string of the molecule is CC/C(=N/Nc1ccccc1Cl)c1cnnc(-c2ccccc2)n1. The average molecular weight is 338 g/mol. The number of hydrogen-bond donors (Lipinski definition) is 1. The molecular weight excluding hydrogens is 322 g/mol. The number of hydrazone groups is 1. The minimum absolute atomic E-state index is 0.576. The summed E-state index contributed by atoms with van der Waals surface area (Å²) in [5.74, 6) is 0.576. The van der Waals surface area contributed by atoms with Crippen LogP contribution in [0.3, 0.4) is 0 Å². The van der Waals surface area contributed by atoms with Crippen LogP contribution in [0.15, 0.2) is 65.9 Å². The van der Waals surface area contributed by atoms with Crippen LogP contribution >= 0.6 is 11.6 Å². The summed E-state index contributed by atoms with van der Waals surface area (Å²) in [4.78, 5) is 4.57. The molecule has 0 saturated heterocycles. The Bertz CT molecular complexity index is 849. The van der Waals surface area contributed by atoms with E-state index < -0.39 is 0 Å². The monoisotopic (exact) mass is 337 g/mol. The maximum Gasteiger partial charge on any atom is 0.182 e. The van der Waals surface area contributed by atoms with Crippen molar-refractivity contribution in [3.05, 3.63) is 71.5 Å². The maximum atomic E-state index is 6.13.